The molecule has 6 heteroatoms. The highest BCUT2D eigenvalue weighted by Crippen LogP contribution is 2.24. The van der Waals surface area contributed by atoms with Gasteiger partial charge in [-0.1, -0.05) is 6.07 Å². The summed E-state index contributed by atoms with van der Waals surface area (Å²) >= 11 is 0. The first-order valence-electron chi connectivity index (χ1n) is 6.79. The Balaban J connectivity index is 2.21. The topological polar surface area (TPSA) is 47.3 Å². The second-order valence-corrected chi connectivity index (χ2v) is 4.69. The number of aliphatic hydroxyl groups is 1. The molecule has 1 N–H and O–H groups in total. The normalized spacial score (nSPS) is 14.1. The van der Waals surface area contributed by atoms with E-state index in [2.05, 4.69) is 4.98 Å². The highest BCUT2D eigenvalue weighted by Gasteiger charge is 2.20. The van der Waals surface area contributed by atoms with E-state index in [0.29, 0.717) is 12.4 Å². The van der Waals surface area contributed by atoms with E-state index in [1.54, 1.807) is 17.0 Å². The van der Waals surface area contributed by atoms with Gasteiger partial charge in [0.05, 0.1) is 12.1 Å². The standard InChI is InChI=1S/C15H18F2N2O2/c1-3-21-10(2)15-18-7-8-19(15)9-13(20)14-11(16)5-4-6-12(14)17/h4-8,10,13,20H,3,9H2,1-2H3. The first-order valence-corrected chi connectivity index (χ1v) is 6.79. The van der Waals surface area contributed by atoms with Crippen molar-refractivity contribution in [2.75, 3.05) is 6.61 Å². The van der Waals surface area contributed by atoms with Gasteiger partial charge < -0.3 is 14.4 Å². The number of aromatic nitrogens is 2. The molecule has 2 aromatic rings. The van der Waals surface area contributed by atoms with E-state index in [-0.39, 0.29) is 18.2 Å². The molecule has 21 heavy (non-hydrogen) atoms. The first kappa shape index (κ1) is 15.6. The van der Waals surface area contributed by atoms with Crippen LogP contribution in [-0.4, -0.2) is 21.3 Å². The minimum absolute atomic E-state index is 0.00456. The summed E-state index contributed by atoms with van der Waals surface area (Å²) in [5, 5.41) is 10.1. The van der Waals surface area contributed by atoms with E-state index < -0.39 is 17.7 Å². The van der Waals surface area contributed by atoms with Crippen molar-refractivity contribution in [2.45, 2.75) is 32.6 Å². The summed E-state index contributed by atoms with van der Waals surface area (Å²) in [6, 6.07) is 3.51. The number of hydrogen-bond donors (Lipinski definition) is 1. The Morgan fingerprint density at radius 2 is 2.00 bits per heavy atom. The third kappa shape index (κ3) is 3.46. The largest absolute Gasteiger partial charge is 0.386 e. The highest BCUT2D eigenvalue weighted by molar-refractivity contribution is 5.22. The molecular formula is C15H18F2N2O2. The summed E-state index contributed by atoms with van der Waals surface area (Å²) in [7, 11) is 0. The van der Waals surface area contributed by atoms with Crippen molar-refractivity contribution in [2.24, 2.45) is 0 Å². The number of imidazole rings is 1. The van der Waals surface area contributed by atoms with E-state index in [1.807, 2.05) is 13.8 Å². The van der Waals surface area contributed by atoms with Gasteiger partial charge in [-0.3, -0.25) is 0 Å². The van der Waals surface area contributed by atoms with Gasteiger partial charge in [-0.2, -0.15) is 0 Å². The molecule has 0 saturated carbocycles. The molecule has 0 aliphatic carbocycles. The molecule has 2 unspecified atom stereocenters. The fourth-order valence-electron chi connectivity index (χ4n) is 2.26. The molecule has 0 aliphatic rings. The maximum absolute atomic E-state index is 13.7. The summed E-state index contributed by atoms with van der Waals surface area (Å²) in [5.74, 6) is -0.920. The molecule has 1 aromatic carbocycles. The van der Waals surface area contributed by atoms with Crippen LogP contribution in [0.3, 0.4) is 0 Å². The highest BCUT2D eigenvalue weighted by atomic mass is 19.1. The molecule has 0 radical (unpaired) electrons. The van der Waals surface area contributed by atoms with Gasteiger partial charge >= 0.3 is 0 Å². The zero-order chi connectivity index (χ0) is 15.4. The Hall–Kier alpha value is -1.79. The van der Waals surface area contributed by atoms with Crippen LogP contribution in [0.1, 0.15) is 37.4 Å². The zero-order valence-electron chi connectivity index (χ0n) is 12.0. The van der Waals surface area contributed by atoms with Crippen molar-refractivity contribution >= 4 is 0 Å². The van der Waals surface area contributed by atoms with Crippen LogP contribution in [0.4, 0.5) is 8.78 Å². The van der Waals surface area contributed by atoms with Crippen molar-refractivity contribution in [3.63, 3.8) is 0 Å². The maximum Gasteiger partial charge on any atom is 0.137 e. The van der Waals surface area contributed by atoms with Crippen molar-refractivity contribution < 1.29 is 18.6 Å². The van der Waals surface area contributed by atoms with Gasteiger partial charge in [-0.25, -0.2) is 13.8 Å². The molecule has 0 bridgehead atoms. The van der Waals surface area contributed by atoms with Gasteiger partial charge in [-0.05, 0) is 26.0 Å². The number of ether oxygens (including phenoxy) is 1. The zero-order valence-corrected chi connectivity index (χ0v) is 12.0. The lowest BCUT2D eigenvalue weighted by atomic mass is 10.1. The molecule has 2 atom stereocenters. The minimum atomic E-state index is -1.30. The molecule has 2 rings (SSSR count). The van der Waals surface area contributed by atoms with Crippen molar-refractivity contribution in [1.29, 1.82) is 0 Å². The van der Waals surface area contributed by atoms with Crippen LogP contribution < -0.4 is 0 Å². The van der Waals surface area contributed by atoms with E-state index in [1.165, 1.54) is 6.07 Å². The van der Waals surface area contributed by atoms with Crippen molar-refractivity contribution in [1.82, 2.24) is 9.55 Å². The van der Waals surface area contributed by atoms with E-state index in [4.69, 9.17) is 4.74 Å². The number of hydrogen-bond acceptors (Lipinski definition) is 3. The Kier molecular flexibility index (Phi) is 5.03. The first-order chi connectivity index (χ1) is 10.0. The van der Waals surface area contributed by atoms with Crippen molar-refractivity contribution in [3.05, 3.63) is 53.6 Å². The van der Waals surface area contributed by atoms with Gasteiger partial charge in [-0.15, -0.1) is 0 Å². The van der Waals surface area contributed by atoms with Gasteiger partial charge in [0.2, 0.25) is 0 Å². The van der Waals surface area contributed by atoms with Crippen LogP contribution in [0, 0.1) is 11.6 Å². The van der Waals surface area contributed by atoms with Gasteiger partial charge in [0.15, 0.2) is 0 Å². The fraction of sp³-hybridized carbons (Fsp3) is 0.400. The second-order valence-electron chi connectivity index (χ2n) is 4.69. The summed E-state index contributed by atoms with van der Waals surface area (Å²) in [5.41, 5.74) is -0.332. The molecule has 1 heterocycles. The lowest BCUT2D eigenvalue weighted by Crippen LogP contribution is -2.16. The Morgan fingerprint density at radius 1 is 1.33 bits per heavy atom. The van der Waals surface area contributed by atoms with Gasteiger partial charge in [0.1, 0.15) is 29.7 Å². The molecule has 1 aromatic heterocycles. The predicted molar refractivity (Wildman–Crippen MR) is 73.6 cm³/mol. The van der Waals surface area contributed by atoms with Crippen LogP contribution in [-0.2, 0) is 11.3 Å². The number of aliphatic hydroxyl groups excluding tert-OH is 1. The molecule has 4 nitrogen and oxygen atoms in total. The lowest BCUT2D eigenvalue weighted by Gasteiger charge is -2.18. The number of benzene rings is 1. The Labute approximate surface area is 122 Å². The third-order valence-corrected chi connectivity index (χ3v) is 3.23. The van der Waals surface area contributed by atoms with Gasteiger partial charge in [0.25, 0.3) is 0 Å². The third-order valence-electron chi connectivity index (χ3n) is 3.23. The molecule has 0 aliphatic heterocycles. The molecule has 0 spiro atoms. The monoisotopic (exact) mass is 296 g/mol. The molecule has 114 valence electrons. The van der Waals surface area contributed by atoms with Crippen LogP contribution >= 0.6 is 0 Å². The summed E-state index contributed by atoms with van der Waals surface area (Å²) in [6.45, 7) is 4.23. The van der Waals surface area contributed by atoms with Gasteiger partial charge in [0, 0.05) is 19.0 Å². The summed E-state index contributed by atoms with van der Waals surface area (Å²) in [6.07, 6.45) is 1.65. The van der Waals surface area contributed by atoms with E-state index in [9.17, 15) is 13.9 Å². The molecule has 0 saturated heterocycles. The average molecular weight is 296 g/mol. The molecule has 0 amide bonds. The SMILES string of the molecule is CCOC(C)c1nccn1CC(O)c1c(F)cccc1F. The van der Waals surface area contributed by atoms with E-state index >= 15 is 0 Å². The fourth-order valence-corrected chi connectivity index (χ4v) is 2.26. The van der Waals surface area contributed by atoms with Crippen LogP contribution in [0.25, 0.3) is 0 Å². The van der Waals surface area contributed by atoms with Crippen LogP contribution in [0.5, 0.6) is 0 Å². The molecular weight excluding hydrogens is 278 g/mol. The second kappa shape index (κ2) is 6.78. The van der Waals surface area contributed by atoms with E-state index in [0.717, 1.165) is 12.1 Å². The van der Waals surface area contributed by atoms with Crippen molar-refractivity contribution in [3.8, 4) is 0 Å². The van der Waals surface area contributed by atoms with Crippen LogP contribution in [0.15, 0.2) is 30.6 Å². The number of halogens is 2. The molecule has 0 fully saturated rings. The summed E-state index contributed by atoms with van der Waals surface area (Å²) < 4.78 is 34.4. The van der Waals surface area contributed by atoms with Crippen LogP contribution in [0.2, 0.25) is 0 Å². The smallest absolute Gasteiger partial charge is 0.137 e. The average Bonchev–Trinajstić information content (AvgIpc) is 2.87. The Morgan fingerprint density at radius 3 is 2.62 bits per heavy atom. The summed E-state index contributed by atoms with van der Waals surface area (Å²) in [4.78, 5) is 4.17. The maximum atomic E-state index is 13.7. The minimum Gasteiger partial charge on any atom is -0.386 e. The quantitative estimate of drug-likeness (QED) is 0.891. The Bertz CT molecular complexity index is 581. The number of nitrogens with zero attached hydrogens (tertiary/aromatic N) is 2. The number of rotatable bonds is 6. The lowest BCUT2D eigenvalue weighted by molar-refractivity contribution is 0.0641. The predicted octanol–water partition coefficient (Wildman–Crippen LogP) is 2.99.